The van der Waals surface area contributed by atoms with Crippen LogP contribution in [-0.2, 0) is 19.1 Å². The number of ether oxygens (including phenoxy) is 1. The zero-order valence-electron chi connectivity index (χ0n) is 23.0. The average Bonchev–Trinajstić information content (AvgIpc) is 3.62. The van der Waals surface area contributed by atoms with E-state index in [9.17, 15) is 22.4 Å². The number of aryl methyl sites for hydroxylation is 1. The second-order valence-electron chi connectivity index (χ2n) is 10.0. The molecule has 1 aliphatic rings. The number of aromatic nitrogens is 3. The van der Waals surface area contributed by atoms with Crippen LogP contribution in [0.1, 0.15) is 34.7 Å². The van der Waals surface area contributed by atoms with Crippen molar-refractivity contribution in [2.75, 3.05) is 26.0 Å². The van der Waals surface area contributed by atoms with Gasteiger partial charge >= 0.3 is 6.18 Å². The summed E-state index contributed by atoms with van der Waals surface area (Å²) >= 11 is 1.34. The molecule has 1 N–H and O–H groups in total. The van der Waals surface area contributed by atoms with Gasteiger partial charge in [-0.05, 0) is 49.2 Å². The van der Waals surface area contributed by atoms with Crippen molar-refractivity contribution in [3.63, 3.8) is 0 Å². The highest BCUT2D eigenvalue weighted by Gasteiger charge is 2.36. The first kappa shape index (κ1) is 29.8. The topological polar surface area (TPSA) is 61.1 Å². The first-order valence-corrected chi connectivity index (χ1v) is 14.3. The third-order valence-electron chi connectivity index (χ3n) is 7.45. The average molecular weight is 605 g/mol. The van der Waals surface area contributed by atoms with Gasteiger partial charge < -0.3 is 14.6 Å². The summed E-state index contributed by atoms with van der Waals surface area (Å²) in [5.41, 5.74) is -1.41. The van der Waals surface area contributed by atoms with E-state index in [1.165, 1.54) is 35.6 Å². The van der Waals surface area contributed by atoms with Crippen molar-refractivity contribution in [3.8, 4) is 16.9 Å². The fourth-order valence-corrected chi connectivity index (χ4v) is 6.75. The molecule has 2 aromatic heterocycles. The van der Waals surface area contributed by atoms with Gasteiger partial charge in [0.25, 0.3) is 5.56 Å². The number of pyridine rings is 1. The molecule has 222 valence electrons. The first-order chi connectivity index (χ1) is 20.1. The quantitative estimate of drug-likeness (QED) is 0.172. The lowest BCUT2D eigenvalue weighted by molar-refractivity contribution is -0.138. The minimum absolute atomic E-state index is 0.0163. The summed E-state index contributed by atoms with van der Waals surface area (Å²) in [6, 6.07) is 6.90. The van der Waals surface area contributed by atoms with Crippen LogP contribution >= 0.6 is 11.8 Å². The number of halogens is 5. The van der Waals surface area contributed by atoms with E-state index in [1.54, 1.807) is 25.5 Å². The van der Waals surface area contributed by atoms with E-state index in [2.05, 4.69) is 10.3 Å². The maximum atomic E-state index is 15.5. The van der Waals surface area contributed by atoms with Gasteiger partial charge in [0.1, 0.15) is 5.82 Å². The molecule has 0 saturated carbocycles. The number of nitrogens with zero attached hydrogens (tertiary/aromatic N) is 3. The van der Waals surface area contributed by atoms with Crippen LogP contribution in [0.25, 0.3) is 11.1 Å². The van der Waals surface area contributed by atoms with Crippen molar-refractivity contribution >= 4 is 11.8 Å². The van der Waals surface area contributed by atoms with Gasteiger partial charge in [-0.1, -0.05) is 18.2 Å². The predicted molar refractivity (Wildman–Crippen MR) is 151 cm³/mol. The standard InChI is InChI=1S/C30H29F5N4O2S/c1-18-21(14-22-23(30(33,34)35)7-4-8-24(22)31)29-39(28(40)26(18)20-6-3-9-25(41-2)27(20)32)19(16-42-29)15-36-10-5-12-38-13-11-37-17-38/h3-4,6-9,11,13,17,19,36H,5,10,12,14-16H2,1-2H3. The van der Waals surface area contributed by atoms with E-state index < -0.39 is 40.9 Å². The maximum Gasteiger partial charge on any atom is 0.416 e. The lowest BCUT2D eigenvalue weighted by Crippen LogP contribution is -2.34. The van der Waals surface area contributed by atoms with Gasteiger partial charge in [-0.2, -0.15) is 13.2 Å². The highest BCUT2D eigenvalue weighted by Crippen LogP contribution is 2.42. The lowest BCUT2D eigenvalue weighted by Gasteiger charge is -2.22. The monoisotopic (exact) mass is 604 g/mol. The Morgan fingerprint density at radius 2 is 1.93 bits per heavy atom. The molecule has 0 saturated heterocycles. The Balaban J connectivity index is 1.57. The van der Waals surface area contributed by atoms with Crippen molar-refractivity contribution in [1.82, 2.24) is 19.4 Å². The van der Waals surface area contributed by atoms with Crippen molar-refractivity contribution in [3.05, 3.63) is 99.4 Å². The van der Waals surface area contributed by atoms with E-state index in [0.717, 1.165) is 31.2 Å². The molecule has 0 bridgehead atoms. The summed E-state index contributed by atoms with van der Waals surface area (Å²) in [6.07, 6.45) is 0.912. The number of methoxy groups -OCH3 is 1. The molecule has 12 heteroatoms. The zero-order valence-corrected chi connectivity index (χ0v) is 23.8. The van der Waals surface area contributed by atoms with E-state index in [4.69, 9.17) is 4.74 Å². The van der Waals surface area contributed by atoms with Gasteiger partial charge in [-0.3, -0.25) is 9.36 Å². The minimum atomic E-state index is -4.78. The molecular formula is C30H29F5N4O2S. The summed E-state index contributed by atoms with van der Waals surface area (Å²) in [7, 11) is 1.30. The summed E-state index contributed by atoms with van der Waals surface area (Å²) in [5.74, 6) is -1.35. The van der Waals surface area contributed by atoms with Crippen LogP contribution in [-0.4, -0.2) is 40.1 Å². The molecule has 0 amide bonds. The Morgan fingerprint density at radius 3 is 2.64 bits per heavy atom. The fraction of sp³-hybridized carbons (Fsp3) is 0.333. The SMILES string of the molecule is COc1cccc(-c2c(C)c(Cc3c(F)cccc3C(F)(F)F)c3n(c2=O)C(CNCCCn2ccnc2)CS3)c1F. The summed E-state index contributed by atoms with van der Waals surface area (Å²) in [4.78, 5) is 18.1. The number of rotatable bonds is 10. The number of hydrogen-bond donors (Lipinski definition) is 1. The van der Waals surface area contributed by atoms with Gasteiger partial charge in [0, 0.05) is 48.8 Å². The smallest absolute Gasteiger partial charge is 0.416 e. The molecule has 3 heterocycles. The van der Waals surface area contributed by atoms with Gasteiger partial charge in [-0.15, -0.1) is 11.8 Å². The lowest BCUT2D eigenvalue weighted by atomic mass is 9.92. The molecule has 0 spiro atoms. The second-order valence-corrected chi connectivity index (χ2v) is 11.1. The molecular weight excluding hydrogens is 575 g/mol. The van der Waals surface area contributed by atoms with Crippen LogP contribution in [0.3, 0.4) is 0 Å². The zero-order chi connectivity index (χ0) is 30.0. The Morgan fingerprint density at radius 1 is 1.14 bits per heavy atom. The van der Waals surface area contributed by atoms with E-state index in [1.807, 2.05) is 10.8 Å². The van der Waals surface area contributed by atoms with E-state index in [-0.39, 0.29) is 22.9 Å². The number of hydrogen-bond acceptors (Lipinski definition) is 5. The highest BCUT2D eigenvalue weighted by atomic mass is 32.2. The Bertz CT molecular complexity index is 1640. The fourth-order valence-electron chi connectivity index (χ4n) is 5.36. The third kappa shape index (κ3) is 5.82. The largest absolute Gasteiger partial charge is 0.494 e. The van der Waals surface area contributed by atoms with Crippen LogP contribution in [0.15, 0.2) is 64.9 Å². The Kier molecular flexibility index (Phi) is 8.74. The molecule has 0 radical (unpaired) electrons. The normalized spacial score (nSPS) is 14.8. The van der Waals surface area contributed by atoms with Gasteiger partial charge in [0.2, 0.25) is 0 Å². The predicted octanol–water partition coefficient (Wildman–Crippen LogP) is 6.24. The molecule has 1 atom stereocenters. The molecule has 1 unspecified atom stereocenters. The molecule has 5 rings (SSSR count). The summed E-state index contributed by atoms with van der Waals surface area (Å²) in [5, 5.41) is 3.82. The van der Waals surface area contributed by atoms with Crippen molar-refractivity contribution < 1.29 is 26.7 Å². The Labute approximate surface area is 243 Å². The number of benzene rings is 2. The minimum Gasteiger partial charge on any atom is -0.494 e. The number of fused-ring (bicyclic) bond motifs is 1. The highest BCUT2D eigenvalue weighted by molar-refractivity contribution is 7.99. The van der Waals surface area contributed by atoms with E-state index >= 15 is 4.39 Å². The van der Waals surface area contributed by atoms with Gasteiger partial charge in [0.05, 0.1) is 35.6 Å². The van der Waals surface area contributed by atoms with Crippen LogP contribution < -0.4 is 15.6 Å². The molecule has 4 aromatic rings. The number of alkyl halides is 3. The molecule has 2 aromatic carbocycles. The second kappa shape index (κ2) is 12.3. The van der Waals surface area contributed by atoms with Gasteiger partial charge in [0.15, 0.2) is 11.6 Å². The van der Waals surface area contributed by atoms with Crippen LogP contribution in [0, 0.1) is 18.6 Å². The Hall–Kier alpha value is -3.64. The number of imidazole rings is 1. The summed E-state index contributed by atoms with van der Waals surface area (Å²) in [6.45, 7) is 3.40. The molecule has 6 nitrogen and oxygen atoms in total. The maximum absolute atomic E-state index is 15.5. The third-order valence-corrected chi connectivity index (χ3v) is 8.72. The summed E-state index contributed by atoms with van der Waals surface area (Å²) < 4.78 is 80.8. The van der Waals surface area contributed by atoms with Crippen molar-refractivity contribution in [2.24, 2.45) is 0 Å². The van der Waals surface area contributed by atoms with E-state index in [0.29, 0.717) is 35.0 Å². The molecule has 0 aliphatic carbocycles. The van der Waals surface area contributed by atoms with Crippen LogP contribution in [0.2, 0.25) is 0 Å². The number of nitrogens with one attached hydrogen (secondary N) is 1. The molecule has 1 aliphatic heterocycles. The first-order valence-electron chi connectivity index (χ1n) is 13.4. The van der Waals surface area contributed by atoms with Crippen LogP contribution in [0.5, 0.6) is 5.75 Å². The van der Waals surface area contributed by atoms with Crippen molar-refractivity contribution in [1.29, 1.82) is 0 Å². The number of thioether (sulfide) groups is 1. The van der Waals surface area contributed by atoms with Crippen LogP contribution in [0.4, 0.5) is 22.0 Å². The van der Waals surface area contributed by atoms with Gasteiger partial charge in [-0.25, -0.2) is 13.8 Å². The molecule has 42 heavy (non-hydrogen) atoms. The molecule has 0 fully saturated rings. The van der Waals surface area contributed by atoms with Crippen molar-refractivity contribution in [2.45, 2.75) is 43.6 Å².